The molecule has 0 aliphatic heterocycles. The molecule has 0 saturated heterocycles. The maximum atomic E-state index is 9.87. The Kier molecular flexibility index (Phi) is 120. The van der Waals surface area contributed by atoms with Crippen molar-refractivity contribution in [1.82, 2.24) is 0 Å². The summed E-state index contributed by atoms with van der Waals surface area (Å²) < 4.78 is 0. The van der Waals surface area contributed by atoms with E-state index < -0.39 is 67.0 Å². The molecule has 0 aliphatic rings. The average molecular weight is 1040 g/mol. The van der Waals surface area contributed by atoms with Gasteiger partial charge >= 0.3 is 5.97 Å². The molecule has 32 heteroatoms. The molecule has 0 rings (SSSR count). The van der Waals surface area contributed by atoms with Crippen LogP contribution in [0.25, 0.3) is 0 Å². The largest absolute Gasteiger partial charge is 0.481 e. The van der Waals surface area contributed by atoms with E-state index in [2.05, 4.69) is 6.92 Å². The molecular weight excluding hydrogens is 944 g/mol. The minimum Gasteiger partial charge on any atom is -0.481 e. The molecule has 0 unspecified atom stereocenters. The fourth-order valence-corrected chi connectivity index (χ4v) is 1.10. The zero-order chi connectivity index (χ0) is 56.3. The third-order valence-electron chi connectivity index (χ3n) is 5.21. The minimum absolute atomic E-state index is 0.327. The monoisotopic (exact) mass is 1040 g/mol. The topological polar surface area (TPSA) is 644 Å². The normalized spacial score (nSPS) is 9.90. The summed E-state index contributed by atoms with van der Waals surface area (Å²) in [6.07, 6.45) is -6.26. The quantitative estimate of drug-likeness (QED) is 0.0399. The van der Waals surface area contributed by atoms with Crippen molar-refractivity contribution in [2.24, 2.45) is 0 Å². The molecule has 31 N–H and O–H groups in total. The molecule has 0 atom stereocenters. The number of aliphatic hydroxyl groups is 30. The van der Waals surface area contributed by atoms with E-state index in [-0.39, 0.29) is 132 Å². The molecule has 0 aliphatic carbocycles. The Bertz CT molecular complexity index is 567. The third-order valence-corrected chi connectivity index (χ3v) is 5.21. The van der Waals surface area contributed by atoms with Crippen molar-refractivity contribution in [1.29, 1.82) is 0 Å². The van der Waals surface area contributed by atoms with Crippen LogP contribution < -0.4 is 0 Å². The van der Waals surface area contributed by atoms with Gasteiger partial charge in [0.25, 0.3) is 0 Å². The van der Waals surface area contributed by atoms with Crippen molar-refractivity contribution in [2.45, 2.75) is 93.6 Å². The number of hydrogen-bond donors (Lipinski definition) is 31. The second kappa shape index (κ2) is 88.3. The maximum Gasteiger partial charge on any atom is 0.303 e. The second-order valence-electron chi connectivity index (χ2n) is 12.0. The Balaban J connectivity index is -0.0000000585. The van der Waals surface area contributed by atoms with Crippen LogP contribution in [0.3, 0.4) is 0 Å². The highest BCUT2D eigenvalue weighted by Gasteiger charge is 1.98. The fourth-order valence-electron chi connectivity index (χ4n) is 1.10. The van der Waals surface area contributed by atoms with Crippen LogP contribution in [0.4, 0.5) is 0 Å². The lowest BCUT2D eigenvalue weighted by Crippen LogP contribution is -2.15. The van der Waals surface area contributed by atoms with Gasteiger partial charge in [0.15, 0.2) is 0 Å². The molecule has 0 aromatic rings. The van der Waals surface area contributed by atoms with E-state index in [1.807, 2.05) is 0 Å². The van der Waals surface area contributed by atoms with Gasteiger partial charge in [0, 0.05) is 6.42 Å². The van der Waals surface area contributed by atoms with Gasteiger partial charge in [-0.15, -0.1) is 0 Å². The first-order valence-electron chi connectivity index (χ1n) is 20.1. The van der Waals surface area contributed by atoms with E-state index in [0.29, 0.717) is 6.42 Å². The number of hydrogen-bond acceptors (Lipinski definition) is 31. The average Bonchev–Trinajstić information content (AvgIpc) is 3.39. The van der Waals surface area contributed by atoms with Gasteiger partial charge in [-0.2, -0.15) is 0 Å². The predicted molar refractivity (Wildman–Crippen MR) is 234 cm³/mol. The number of carbonyl (C=O) groups is 1. The molecule has 68 heavy (non-hydrogen) atoms. The highest BCUT2D eigenvalue weighted by atomic mass is 16.4. The van der Waals surface area contributed by atoms with Crippen LogP contribution >= 0.6 is 0 Å². The summed E-state index contributed by atoms with van der Waals surface area (Å²) in [6.45, 7) is -5.23. The number of rotatable bonds is 24. The molecule has 0 bridgehead atoms. The van der Waals surface area contributed by atoms with Crippen LogP contribution in [0.5, 0.6) is 0 Å². The van der Waals surface area contributed by atoms with Crippen molar-refractivity contribution in [3.05, 3.63) is 0 Å². The predicted octanol–water partition coefficient (Wildman–Crippen LogP) is -15.0. The summed E-state index contributed by atoms with van der Waals surface area (Å²) in [5.74, 6) is -0.682. The zero-order valence-corrected chi connectivity index (χ0v) is 38.5. The maximum absolute atomic E-state index is 9.87. The van der Waals surface area contributed by atoms with Gasteiger partial charge in [0.1, 0.15) is 61.0 Å². The van der Waals surface area contributed by atoms with Crippen LogP contribution in [0.1, 0.15) is 32.6 Å². The summed E-state index contributed by atoms with van der Waals surface area (Å²) in [4.78, 5) is 9.87. The Morgan fingerprint density at radius 1 is 0.250 bits per heavy atom. The van der Waals surface area contributed by atoms with Crippen LogP contribution in [0.15, 0.2) is 0 Å². The van der Waals surface area contributed by atoms with Crippen LogP contribution in [-0.2, 0) is 4.79 Å². The summed E-state index contributed by atoms with van der Waals surface area (Å²) in [7, 11) is 0. The molecular formula is C36H92O32. The van der Waals surface area contributed by atoms with E-state index in [9.17, 15) is 4.79 Å². The SMILES string of the molecule is CCCCCC(=O)O.OCC(O)CO.OCC(O)CO.OCC(O)CO.OCC(O)CO.OCC(O)CO.OCC(O)CO.OCC(O)CO.OCC(O)CO.OCC(O)CO.OCC(O)CO. The number of aliphatic hydroxyl groups excluding tert-OH is 30. The van der Waals surface area contributed by atoms with Crippen molar-refractivity contribution < 1.29 is 163 Å². The number of aliphatic carboxylic acids is 1. The molecule has 0 fully saturated rings. The van der Waals surface area contributed by atoms with Crippen molar-refractivity contribution in [2.75, 3.05) is 132 Å². The van der Waals surface area contributed by atoms with Gasteiger partial charge in [0.05, 0.1) is 132 Å². The first-order chi connectivity index (χ1) is 31.9. The van der Waals surface area contributed by atoms with E-state index in [1.54, 1.807) is 0 Å². The second-order valence-corrected chi connectivity index (χ2v) is 12.0. The molecule has 0 saturated carbocycles. The van der Waals surface area contributed by atoms with Gasteiger partial charge in [0.2, 0.25) is 0 Å². The number of carboxylic acids is 1. The van der Waals surface area contributed by atoms with E-state index in [4.69, 9.17) is 158 Å². The minimum atomic E-state index is -0.954. The highest BCUT2D eigenvalue weighted by Crippen LogP contribution is 1.97. The first-order valence-corrected chi connectivity index (χ1v) is 20.1. The first kappa shape index (κ1) is 92.4. The molecule has 0 radical (unpaired) electrons. The Morgan fingerprint density at radius 3 is 0.397 bits per heavy atom. The summed E-state index contributed by atoms with van der Waals surface area (Å²) >= 11 is 0. The van der Waals surface area contributed by atoms with E-state index in [1.165, 1.54) is 0 Å². The van der Waals surface area contributed by atoms with E-state index >= 15 is 0 Å². The summed E-state index contributed by atoms with van der Waals surface area (Å²) in [6, 6.07) is 0. The van der Waals surface area contributed by atoms with Gasteiger partial charge < -0.3 is 158 Å². The lowest BCUT2D eigenvalue weighted by atomic mass is 10.2. The van der Waals surface area contributed by atoms with Gasteiger partial charge in [-0.05, 0) is 6.42 Å². The van der Waals surface area contributed by atoms with Crippen molar-refractivity contribution in [3.63, 3.8) is 0 Å². The van der Waals surface area contributed by atoms with Crippen molar-refractivity contribution in [3.8, 4) is 0 Å². The molecule has 32 nitrogen and oxygen atoms in total. The highest BCUT2D eigenvalue weighted by molar-refractivity contribution is 5.66. The molecule has 0 spiro atoms. The molecule has 0 amide bonds. The summed E-state index contributed by atoms with van der Waals surface area (Å²) in [5, 5.41) is 248. The lowest BCUT2D eigenvalue weighted by molar-refractivity contribution is -0.137. The molecule has 0 heterocycles. The van der Waals surface area contributed by atoms with Gasteiger partial charge in [-0.1, -0.05) is 19.8 Å². The third kappa shape index (κ3) is 137. The Morgan fingerprint density at radius 2 is 0.353 bits per heavy atom. The van der Waals surface area contributed by atoms with Gasteiger partial charge in [-0.3, -0.25) is 4.79 Å². The molecule has 428 valence electrons. The molecule has 0 aromatic carbocycles. The standard InChI is InChI=1S/C6H12O2.10C3H8O3/c1-2-3-4-5-6(7)8;10*4-1-3(6)2-5/h2-5H2,1H3,(H,7,8);10*3-6H,1-2H2. The summed E-state index contributed by atoms with van der Waals surface area (Å²) in [5.41, 5.74) is 0. The number of unbranched alkanes of at least 4 members (excludes halogenated alkanes) is 2. The zero-order valence-electron chi connectivity index (χ0n) is 38.5. The lowest BCUT2D eigenvalue weighted by Gasteiger charge is -1.96. The molecule has 0 aromatic heterocycles. The van der Waals surface area contributed by atoms with Crippen molar-refractivity contribution >= 4 is 5.97 Å². The number of carboxylic acid groups (broad SMARTS) is 1. The Hall–Kier alpha value is -1.73. The van der Waals surface area contributed by atoms with Crippen LogP contribution in [0.2, 0.25) is 0 Å². The van der Waals surface area contributed by atoms with E-state index in [0.717, 1.165) is 19.3 Å². The fraction of sp³-hybridized carbons (Fsp3) is 0.972. The smallest absolute Gasteiger partial charge is 0.303 e. The Labute approximate surface area is 394 Å². The van der Waals surface area contributed by atoms with Gasteiger partial charge in [-0.25, -0.2) is 0 Å². The van der Waals surface area contributed by atoms with Crippen LogP contribution in [-0.4, -0.2) is 357 Å². The van der Waals surface area contributed by atoms with Crippen LogP contribution in [0, 0.1) is 0 Å².